The minimum atomic E-state index is -0.581. The zero-order chi connectivity index (χ0) is 14.7. The summed E-state index contributed by atoms with van der Waals surface area (Å²) in [6.07, 6.45) is 0. The highest BCUT2D eigenvalue weighted by atomic mass is 19.1. The zero-order valence-electron chi connectivity index (χ0n) is 11.6. The minimum absolute atomic E-state index is 0.154. The second-order valence-electron chi connectivity index (χ2n) is 4.33. The van der Waals surface area contributed by atoms with Gasteiger partial charge < -0.3 is 10.1 Å². The van der Waals surface area contributed by atoms with Crippen LogP contribution in [0.15, 0.2) is 24.3 Å². The van der Waals surface area contributed by atoms with E-state index in [0.717, 1.165) is 18.3 Å². The van der Waals surface area contributed by atoms with E-state index in [4.69, 9.17) is 0 Å². The molecule has 0 unspecified atom stereocenters. The summed E-state index contributed by atoms with van der Waals surface area (Å²) in [6, 6.07) is 5.81. The summed E-state index contributed by atoms with van der Waals surface area (Å²) in [5.74, 6) is -0.490. The van der Waals surface area contributed by atoms with Crippen LogP contribution < -0.4 is 5.32 Å². The zero-order valence-corrected chi connectivity index (χ0v) is 11.6. The number of benzene rings is 1. The van der Waals surface area contributed by atoms with Crippen LogP contribution in [0.1, 0.15) is 23.0 Å². The van der Waals surface area contributed by atoms with Gasteiger partial charge in [-0.1, -0.05) is 0 Å². The normalized spacial score (nSPS) is 10.4. The van der Waals surface area contributed by atoms with Crippen molar-refractivity contribution >= 4 is 17.5 Å². The fraction of sp³-hybridized carbons (Fsp3) is 0.286. The van der Waals surface area contributed by atoms with Gasteiger partial charge in [0.25, 0.3) is 0 Å². The molecular weight excluding hydrogens is 261 g/mol. The van der Waals surface area contributed by atoms with Gasteiger partial charge in [0.05, 0.1) is 12.7 Å². The second kappa shape index (κ2) is 5.73. The Labute approximate surface area is 116 Å². The summed E-state index contributed by atoms with van der Waals surface area (Å²) >= 11 is 0. The molecule has 1 heterocycles. The fourth-order valence-electron chi connectivity index (χ4n) is 1.94. The number of aryl methyl sites for hydroxylation is 2. The van der Waals surface area contributed by atoms with E-state index in [-0.39, 0.29) is 5.56 Å². The first-order chi connectivity index (χ1) is 9.53. The van der Waals surface area contributed by atoms with E-state index in [1.165, 1.54) is 19.2 Å². The van der Waals surface area contributed by atoms with Crippen molar-refractivity contribution in [1.82, 2.24) is 9.78 Å². The Balaban J connectivity index is 2.28. The minimum Gasteiger partial charge on any atom is -0.465 e. The molecular formula is C14H16FN3O2. The van der Waals surface area contributed by atoms with Crippen molar-refractivity contribution in [3.63, 3.8) is 0 Å². The quantitative estimate of drug-likeness (QED) is 0.873. The number of carbonyl (C=O) groups excluding carboxylic acids is 1. The number of carbonyl (C=O) groups is 1. The van der Waals surface area contributed by atoms with Crippen LogP contribution >= 0.6 is 0 Å². The molecule has 1 aromatic carbocycles. The molecule has 0 aliphatic rings. The van der Waals surface area contributed by atoms with Crippen LogP contribution in [0.2, 0.25) is 0 Å². The van der Waals surface area contributed by atoms with E-state index in [2.05, 4.69) is 15.2 Å². The number of hydrogen-bond acceptors (Lipinski definition) is 4. The van der Waals surface area contributed by atoms with Crippen molar-refractivity contribution in [1.29, 1.82) is 0 Å². The summed E-state index contributed by atoms with van der Waals surface area (Å²) in [7, 11) is 1.26. The van der Waals surface area contributed by atoms with E-state index in [1.807, 2.05) is 24.6 Å². The van der Waals surface area contributed by atoms with Crippen molar-refractivity contribution in [2.45, 2.75) is 20.4 Å². The predicted molar refractivity (Wildman–Crippen MR) is 73.7 cm³/mol. The van der Waals surface area contributed by atoms with Crippen molar-refractivity contribution in [3.8, 4) is 0 Å². The molecule has 0 fully saturated rings. The van der Waals surface area contributed by atoms with Crippen LogP contribution in [-0.4, -0.2) is 22.9 Å². The smallest absolute Gasteiger partial charge is 0.338 e. The van der Waals surface area contributed by atoms with Gasteiger partial charge in [0, 0.05) is 24.0 Å². The Hall–Kier alpha value is -2.37. The molecule has 0 spiro atoms. The first-order valence-corrected chi connectivity index (χ1v) is 6.24. The third kappa shape index (κ3) is 2.96. The maximum Gasteiger partial charge on any atom is 0.338 e. The number of nitrogens with zero attached hydrogens (tertiary/aromatic N) is 2. The van der Waals surface area contributed by atoms with E-state index < -0.39 is 11.8 Å². The first kappa shape index (κ1) is 14.0. The second-order valence-corrected chi connectivity index (χ2v) is 4.33. The van der Waals surface area contributed by atoms with Crippen molar-refractivity contribution in [2.24, 2.45) is 0 Å². The molecule has 2 rings (SSSR count). The van der Waals surface area contributed by atoms with Gasteiger partial charge in [0.15, 0.2) is 5.82 Å². The number of methoxy groups -OCH3 is 1. The third-order valence-electron chi connectivity index (χ3n) is 2.87. The van der Waals surface area contributed by atoms with E-state index >= 15 is 0 Å². The molecule has 0 amide bonds. The average molecular weight is 277 g/mol. The van der Waals surface area contributed by atoms with Gasteiger partial charge in [-0.15, -0.1) is 0 Å². The molecule has 5 nitrogen and oxygen atoms in total. The number of nitrogens with one attached hydrogen (secondary N) is 1. The van der Waals surface area contributed by atoms with E-state index in [9.17, 15) is 9.18 Å². The molecule has 2 aromatic rings. The summed E-state index contributed by atoms with van der Waals surface area (Å²) < 4.78 is 19.9. The van der Waals surface area contributed by atoms with E-state index in [1.54, 1.807) is 0 Å². The van der Waals surface area contributed by atoms with Crippen molar-refractivity contribution in [2.75, 3.05) is 12.4 Å². The lowest BCUT2D eigenvalue weighted by molar-refractivity contribution is 0.0600. The van der Waals surface area contributed by atoms with Crippen LogP contribution in [0.25, 0.3) is 0 Å². The maximum absolute atomic E-state index is 13.5. The monoisotopic (exact) mass is 277 g/mol. The SMILES string of the molecule is CCn1nc(Nc2cc(F)cc(C(=O)OC)c2)cc1C. The van der Waals surface area contributed by atoms with Crippen LogP contribution in [0.3, 0.4) is 0 Å². The summed E-state index contributed by atoms with van der Waals surface area (Å²) in [6.45, 7) is 4.68. The number of anilines is 2. The largest absolute Gasteiger partial charge is 0.465 e. The number of rotatable bonds is 4. The van der Waals surface area contributed by atoms with Crippen molar-refractivity contribution in [3.05, 3.63) is 41.3 Å². The molecule has 1 N–H and O–H groups in total. The maximum atomic E-state index is 13.5. The van der Waals surface area contributed by atoms with Gasteiger partial charge >= 0.3 is 5.97 Å². The van der Waals surface area contributed by atoms with Gasteiger partial charge in [-0.3, -0.25) is 4.68 Å². The van der Waals surface area contributed by atoms with Crippen LogP contribution in [-0.2, 0) is 11.3 Å². The molecule has 6 heteroatoms. The Morgan fingerprint density at radius 2 is 2.15 bits per heavy atom. The Bertz CT molecular complexity index is 637. The first-order valence-electron chi connectivity index (χ1n) is 6.24. The van der Waals surface area contributed by atoms with Crippen LogP contribution in [0.4, 0.5) is 15.9 Å². The molecule has 0 saturated heterocycles. The number of esters is 1. The average Bonchev–Trinajstić information content (AvgIpc) is 2.77. The third-order valence-corrected chi connectivity index (χ3v) is 2.87. The summed E-state index contributed by atoms with van der Waals surface area (Å²) in [5.41, 5.74) is 1.60. The molecule has 0 saturated carbocycles. The summed E-state index contributed by atoms with van der Waals surface area (Å²) in [5, 5.41) is 7.29. The molecule has 20 heavy (non-hydrogen) atoms. The van der Waals surface area contributed by atoms with Crippen LogP contribution in [0.5, 0.6) is 0 Å². The topological polar surface area (TPSA) is 56.2 Å². The Kier molecular flexibility index (Phi) is 4.02. The molecule has 1 aromatic heterocycles. The lowest BCUT2D eigenvalue weighted by Crippen LogP contribution is -2.03. The van der Waals surface area contributed by atoms with Crippen molar-refractivity contribution < 1.29 is 13.9 Å². The number of aromatic nitrogens is 2. The Morgan fingerprint density at radius 1 is 1.40 bits per heavy atom. The van der Waals surface area contributed by atoms with Gasteiger partial charge in [-0.05, 0) is 32.0 Å². The molecule has 0 radical (unpaired) electrons. The van der Waals surface area contributed by atoms with Gasteiger partial charge in [-0.2, -0.15) is 5.10 Å². The molecule has 0 atom stereocenters. The standard InChI is InChI=1S/C14H16FN3O2/c1-4-18-9(2)5-13(17-18)16-12-7-10(14(19)20-3)6-11(15)8-12/h5-8H,4H2,1-3H3,(H,16,17). The van der Waals surface area contributed by atoms with Gasteiger partial charge in [-0.25, -0.2) is 9.18 Å². The summed E-state index contributed by atoms with van der Waals surface area (Å²) in [4.78, 5) is 11.4. The lowest BCUT2D eigenvalue weighted by Gasteiger charge is -2.06. The van der Waals surface area contributed by atoms with Gasteiger partial charge in [0.1, 0.15) is 5.82 Å². The highest BCUT2D eigenvalue weighted by molar-refractivity contribution is 5.90. The molecule has 0 aliphatic heterocycles. The highest BCUT2D eigenvalue weighted by Gasteiger charge is 2.10. The highest BCUT2D eigenvalue weighted by Crippen LogP contribution is 2.20. The molecule has 0 bridgehead atoms. The molecule has 0 aliphatic carbocycles. The molecule has 106 valence electrons. The Morgan fingerprint density at radius 3 is 2.75 bits per heavy atom. The lowest BCUT2D eigenvalue weighted by atomic mass is 10.2. The van der Waals surface area contributed by atoms with E-state index in [0.29, 0.717) is 11.5 Å². The number of halogens is 1. The van der Waals surface area contributed by atoms with Crippen LogP contribution in [0, 0.1) is 12.7 Å². The fourth-order valence-corrected chi connectivity index (χ4v) is 1.94. The number of hydrogen-bond donors (Lipinski definition) is 1. The predicted octanol–water partition coefficient (Wildman–Crippen LogP) is 2.88. The number of ether oxygens (including phenoxy) is 1. The van der Waals surface area contributed by atoms with Gasteiger partial charge in [0.2, 0.25) is 0 Å².